The number of benzene rings is 1. The molecule has 0 amide bonds. The highest BCUT2D eigenvalue weighted by atomic mass is 16.4. The number of nitrogens with one attached hydrogen (secondary N) is 1. The summed E-state index contributed by atoms with van der Waals surface area (Å²) in [5.74, 6) is 0.149. The molecule has 88 valence electrons. The maximum atomic E-state index is 8.57. The van der Waals surface area contributed by atoms with Gasteiger partial charge in [0.05, 0.1) is 0 Å². The molecular formula is C12H19N3O. The zero-order valence-corrected chi connectivity index (χ0v) is 9.83. The molecule has 16 heavy (non-hydrogen) atoms. The highest BCUT2D eigenvalue weighted by Gasteiger charge is 2.03. The third kappa shape index (κ3) is 3.24. The number of oxime groups is 1. The van der Waals surface area contributed by atoms with Crippen LogP contribution in [-0.2, 0) is 6.54 Å². The van der Waals surface area contributed by atoms with Gasteiger partial charge in [0.2, 0.25) is 0 Å². The second kappa shape index (κ2) is 6.12. The molecule has 0 spiro atoms. The number of amidine groups is 1. The van der Waals surface area contributed by atoms with Gasteiger partial charge in [-0.15, -0.1) is 0 Å². The van der Waals surface area contributed by atoms with E-state index in [0.29, 0.717) is 0 Å². The molecule has 0 saturated carbocycles. The van der Waals surface area contributed by atoms with Gasteiger partial charge in [0.25, 0.3) is 0 Å². The summed E-state index contributed by atoms with van der Waals surface area (Å²) in [6.07, 6.45) is 1.13. The standard InChI is InChI=1S/C12H19N3O/c1-3-6-14-8-11-5-4-10(7-9(11)2)12(13)15-16/h4-5,7,14,16H,3,6,8H2,1-2H3,(H2,13,15). The normalized spacial score (nSPS) is 11.8. The number of nitrogens with two attached hydrogens (primary N) is 1. The topological polar surface area (TPSA) is 70.6 Å². The summed E-state index contributed by atoms with van der Waals surface area (Å²) < 4.78 is 0. The van der Waals surface area contributed by atoms with E-state index in [9.17, 15) is 0 Å². The lowest BCUT2D eigenvalue weighted by molar-refractivity contribution is 0.318. The Kier molecular flexibility index (Phi) is 4.79. The fourth-order valence-electron chi connectivity index (χ4n) is 1.51. The van der Waals surface area contributed by atoms with Crippen LogP contribution in [0, 0.1) is 6.92 Å². The number of aryl methyl sites for hydroxylation is 1. The van der Waals surface area contributed by atoms with E-state index in [2.05, 4.69) is 17.4 Å². The molecule has 0 fully saturated rings. The van der Waals surface area contributed by atoms with Crippen LogP contribution in [0.25, 0.3) is 0 Å². The van der Waals surface area contributed by atoms with Crippen molar-refractivity contribution >= 4 is 5.84 Å². The van der Waals surface area contributed by atoms with Crippen molar-refractivity contribution in [3.8, 4) is 0 Å². The molecule has 0 aliphatic rings. The van der Waals surface area contributed by atoms with Gasteiger partial charge in [-0.05, 0) is 37.1 Å². The van der Waals surface area contributed by atoms with Crippen LogP contribution < -0.4 is 11.1 Å². The fraction of sp³-hybridized carbons (Fsp3) is 0.417. The Morgan fingerprint density at radius 3 is 2.81 bits per heavy atom. The van der Waals surface area contributed by atoms with E-state index < -0.39 is 0 Å². The monoisotopic (exact) mass is 221 g/mol. The van der Waals surface area contributed by atoms with E-state index in [1.807, 2.05) is 25.1 Å². The van der Waals surface area contributed by atoms with Gasteiger partial charge < -0.3 is 16.3 Å². The minimum atomic E-state index is 0.149. The highest BCUT2D eigenvalue weighted by molar-refractivity contribution is 5.97. The van der Waals surface area contributed by atoms with E-state index in [0.717, 1.165) is 30.6 Å². The predicted molar refractivity (Wildman–Crippen MR) is 65.7 cm³/mol. The van der Waals surface area contributed by atoms with Crippen molar-refractivity contribution < 1.29 is 5.21 Å². The lowest BCUT2D eigenvalue weighted by atomic mass is 10.0. The molecular weight excluding hydrogens is 202 g/mol. The summed E-state index contributed by atoms with van der Waals surface area (Å²) in [4.78, 5) is 0. The first-order chi connectivity index (χ1) is 7.69. The van der Waals surface area contributed by atoms with E-state index in [-0.39, 0.29) is 5.84 Å². The van der Waals surface area contributed by atoms with Gasteiger partial charge in [-0.3, -0.25) is 0 Å². The van der Waals surface area contributed by atoms with Crippen LogP contribution in [0.3, 0.4) is 0 Å². The first kappa shape index (κ1) is 12.5. The Balaban J connectivity index is 2.75. The van der Waals surface area contributed by atoms with Crippen molar-refractivity contribution in [1.29, 1.82) is 0 Å². The van der Waals surface area contributed by atoms with Crippen molar-refractivity contribution in [2.45, 2.75) is 26.8 Å². The fourth-order valence-corrected chi connectivity index (χ4v) is 1.51. The Hall–Kier alpha value is -1.55. The van der Waals surface area contributed by atoms with Crippen molar-refractivity contribution in [3.05, 3.63) is 34.9 Å². The van der Waals surface area contributed by atoms with Crippen LogP contribution in [0.2, 0.25) is 0 Å². The molecule has 4 N–H and O–H groups in total. The zero-order chi connectivity index (χ0) is 12.0. The predicted octanol–water partition coefficient (Wildman–Crippen LogP) is 1.59. The van der Waals surface area contributed by atoms with Crippen molar-refractivity contribution in [2.24, 2.45) is 10.9 Å². The summed E-state index contributed by atoms with van der Waals surface area (Å²) in [5, 5.41) is 14.9. The SMILES string of the molecule is CCCNCc1ccc(/C(N)=N/O)cc1C. The second-order valence-electron chi connectivity index (χ2n) is 3.80. The third-order valence-electron chi connectivity index (χ3n) is 2.49. The molecule has 4 heteroatoms. The molecule has 0 atom stereocenters. The van der Waals surface area contributed by atoms with Gasteiger partial charge >= 0.3 is 0 Å². The van der Waals surface area contributed by atoms with Crippen molar-refractivity contribution in [3.63, 3.8) is 0 Å². The van der Waals surface area contributed by atoms with Gasteiger partial charge in [0.1, 0.15) is 0 Å². The number of rotatable bonds is 5. The summed E-state index contributed by atoms with van der Waals surface area (Å²) >= 11 is 0. The Bertz CT molecular complexity index is 375. The highest BCUT2D eigenvalue weighted by Crippen LogP contribution is 2.10. The lowest BCUT2D eigenvalue weighted by Gasteiger charge is -2.08. The molecule has 0 unspecified atom stereocenters. The maximum absolute atomic E-state index is 8.57. The number of nitrogens with zero attached hydrogens (tertiary/aromatic N) is 1. The van der Waals surface area contributed by atoms with E-state index in [1.165, 1.54) is 5.56 Å². The maximum Gasteiger partial charge on any atom is 0.170 e. The van der Waals surface area contributed by atoms with Crippen LogP contribution in [0.1, 0.15) is 30.0 Å². The third-order valence-corrected chi connectivity index (χ3v) is 2.49. The van der Waals surface area contributed by atoms with Crippen LogP contribution in [0.4, 0.5) is 0 Å². The minimum absolute atomic E-state index is 0.149. The van der Waals surface area contributed by atoms with Crippen LogP contribution >= 0.6 is 0 Å². The molecule has 0 bridgehead atoms. The molecule has 1 aromatic rings. The molecule has 0 saturated heterocycles. The van der Waals surface area contributed by atoms with Gasteiger partial charge in [-0.2, -0.15) is 0 Å². The number of hydrogen-bond acceptors (Lipinski definition) is 3. The largest absolute Gasteiger partial charge is 0.409 e. The summed E-state index contributed by atoms with van der Waals surface area (Å²) in [6.45, 7) is 6.04. The Morgan fingerprint density at radius 1 is 1.50 bits per heavy atom. The Labute approximate surface area is 96.2 Å². The quantitative estimate of drug-likeness (QED) is 0.232. The summed E-state index contributed by atoms with van der Waals surface area (Å²) in [7, 11) is 0. The Morgan fingerprint density at radius 2 is 2.25 bits per heavy atom. The average molecular weight is 221 g/mol. The van der Waals surface area contributed by atoms with E-state index in [1.54, 1.807) is 0 Å². The van der Waals surface area contributed by atoms with Crippen molar-refractivity contribution in [1.82, 2.24) is 5.32 Å². The van der Waals surface area contributed by atoms with Crippen LogP contribution in [-0.4, -0.2) is 17.6 Å². The van der Waals surface area contributed by atoms with Crippen LogP contribution in [0.5, 0.6) is 0 Å². The molecule has 0 aromatic heterocycles. The molecule has 1 aromatic carbocycles. The first-order valence-corrected chi connectivity index (χ1v) is 5.47. The smallest absolute Gasteiger partial charge is 0.170 e. The van der Waals surface area contributed by atoms with Gasteiger partial charge in [0.15, 0.2) is 5.84 Å². The molecule has 0 radical (unpaired) electrons. The molecule has 4 nitrogen and oxygen atoms in total. The van der Waals surface area contributed by atoms with E-state index >= 15 is 0 Å². The summed E-state index contributed by atoms with van der Waals surface area (Å²) in [5.41, 5.74) is 8.65. The van der Waals surface area contributed by atoms with E-state index in [4.69, 9.17) is 10.9 Å². The lowest BCUT2D eigenvalue weighted by Crippen LogP contribution is -2.16. The average Bonchev–Trinajstić information content (AvgIpc) is 2.30. The van der Waals surface area contributed by atoms with Gasteiger partial charge in [0, 0.05) is 12.1 Å². The summed E-state index contributed by atoms with van der Waals surface area (Å²) in [6, 6.07) is 5.80. The van der Waals surface area contributed by atoms with Gasteiger partial charge in [-0.25, -0.2) is 0 Å². The zero-order valence-electron chi connectivity index (χ0n) is 9.83. The van der Waals surface area contributed by atoms with Gasteiger partial charge in [-0.1, -0.05) is 24.2 Å². The molecule has 1 rings (SSSR count). The minimum Gasteiger partial charge on any atom is -0.409 e. The molecule has 0 aliphatic heterocycles. The second-order valence-corrected chi connectivity index (χ2v) is 3.80. The molecule has 0 heterocycles. The van der Waals surface area contributed by atoms with Crippen molar-refractivity contribution in [2.75, 3.05) is 6.54 Å². The molecule has 0 aliphatic carbocycles. The van der Waals surface area contributed by atoms with Crippen LogP contribution in [0.15, 0.2) is 23.4 Å². The first-order valence-electron chi connectivity index (χ1n) is 5.47. The number of hydrogen-bond donors (Lipinski definition) is 3.